The summed E-state index contributed by atoms with van der Waals surface area (Å²) in [5, 5.41) is 0. The number of carbonyl (C=O) groups is 1. The van der Waals surface area contributed by atoms with Crippen molar-refractivity contribution in [2.45, 2.75) is 0 Å². The molecule has 1 aliphatic rings. The van der Waals surface area contributed by atoms with Crippen LogP contribution < -0.4 is 0 Å². The summed E-state index contributed by atoms with van der Waals surface area (Å²) in [6, 6.07) is 3.46. The fourth-order valence-corrected chi connectivity index (χ4v) is 1.87. The SMILES string of the molecule is CN1CCN(C(=O)c2c(F)cccc2F)CC1. The molecule has 0 aliphatic carbocycles. The predicted molar refractivity (Wildman–Crippen MR) is 59.8 cm³/mol. The maximum absolute atomic E-state index is 13.4. The molecular formula is C12H14F2N2O. The lowest BCUT2D eigenvalue weighted by Gasteiger charge is -2.32. The first kappa shape index (κ1) is 12.0. The van der Waals surface area contributed by atoms with E-state index in [4.69, 9.17) is 0 Å². The molecule has 0 spiro atoms. The highest BCUT2D eigenvalue weighted by atomic mass is 19.1. The molecule has 0 radical (unpaired) electrons. The number of piperazine rings is 1. The fourth-order valence-electron chi connectivity index (χ4n) is 1.87. The van der Waals surface area contributed by atoms with E-state index in [1.807, 2.05) is 7.05 Å². The molecule has 0 unspecified atom stereocenters. The summed E-state index contributed by atoms with van der Waals surface area (Å²) in [5.41, 5.74) is -0.447. The molecular weight excluding hydrogens is 226 g/mol. The van der Waals surface area contributed by atoms with Gasteiger partial charge in [-0.2, -0.15) is 0 Å². The van der Waals surface area contributed by atoms with E-state index >= 15 is 0 Å². The maximum Gasteiger partial charge on any atom is 0.259 e. The molecule has 0 bridgehead atoms. The van der Waals surface area contributed by atoms with Crippen LogP contribution in [0.15, 0.2) is 18.2 Å². The summed E-state index contributed by atoms with van der Waals surface area (Å²) >= 11 is 0. The lowest BCUT2D eigenvalue weighted by atomic mass is 10.1. The van der Waals surface area contributed by atoms with Gasteiger partial charge in [-0.15, -0.1) is 0 Å². The predicted octanol–water partition coefficient (Wildman–Crippen LogP) is 1.35. The minimum atomic E-state index is -0.797. The first-order chi connectivity index (χ1) is 8.09. The second-order valence-corrected chi connectivity index (χ2v) is 4.19. The molecule has 92 valence electrons. The van der Waals surface area contributed by atoms with E-state index in [0.29, 0.717) is 13.1 Å². The number of carbonyl (C=O) groups excluding carboxylic acids is 1. The van der Waals surface area contributed by atoms with Gasteiger partial charge in [0.2, 0.25) is 0 Å². The molecule has 2 rings (SSSR count). The van der Waals surface area contributed by atoms with E-state index in [0.717, 1.165) is 25.2 Å². The number of halogens is 2. The van der Waals surface area contributed by atoms with Gasteiger partial charge in [-0.3, -0.25) is 4.79 Å². The Morgan fingerprint density at radius 3 is 2.18 bits per heavy atom. The highest BCUT2D eigenvalue weighted by Gasteiger charge is 2.25. The molecule has 1 aliphatic heterocycles. The molecule has 17 heavy (non-hydrogen) atoms. The molecule has 1 fully saturated rings. The number of rotatable bonds is 1. The number of hydrogen-bond donors (Lipinski definition) is 0. The quantitative estimate of drug-likeness (QED) is 0.740. The Kier molecular flexibility index (Phi) is 3.38. The fraction of sp³-hybridized carbons (Fsp3) is 0.417. The molecule has 1 saturated heterocycles. The summed E-state index contributed by atoms with van der Waals surface area (Å²) in [6.07, 6.45) is 0. The zero-order chi connectivity index (χ0) is 12.4. The van der Waals surface area contributed by atoms with Crippen molar-refractivity contribution in [2.24, 2.45) is 0 Å². The van der Waals surface area contributed by atoms with E-state index in [1.54, 1.807) is 0 Å². The van der Waals surface area contributed by atoms with E-state index in [9.17, 15) is 13.6 Å². The van der Waals surface area contributed by atoms with E-state index < -0.39 is 23.1 Å². The normalized spacial score (nSPS) is 17.2. The summed E-state index contributed by atoms with van der Waals surface area (Å²) in [4.78, 5) is 15.5. The lowest BCUT2D eigenvalue weighted by molar-refractivity contribution is 0.0654. The number of likely N-dealkylation sites (N-methyl/N-ethyl adjacent to an activating group) is 1. The molecule has 0 aromatic heterocycles. The smallest absolute Gasteiger partial charge is 0.259 e. The van der Waals surface area contributed by atoms with Crippen molar-refractivity contribution in [1.82, 2.24) is 9.80 Å². The number of hydrogen-bond acceptors (Lipinski definition) is 2. The van der Waals surface area contributed by atoms with Crippen molar-refractivity contribution in [2.75, 3.05) is 33.2 Å². The van der Waals surface area contributed by atoms with Gasteiger partial charge >= 0.3 is 0 Å². The van der Waals surface area contributed by atoms with Crippen molar-refractivity contribution in [1.29, 1.82) is 0 Å². The van der Waals surface area contributed by atoms with Crippen LogP contribution in [0.5, 0.6) is 0 Å². The Balaban J connectivity index is 2.20. The third-order valence-electron chi connectivity index (χ3n) is 2.97. The van der Waals surface area contributed by atoms with Gasteiger partial charge in [0.05, 0.1) is 0 Å². The molecule has 1 heterocycles. The monoisotopic (exact) mass is 240 g/mol. The van der Waals surface area contributed by atoms with Gasteiger partial charge in [0.1, 0.15) is 17.2 Å². The Bertz CT molecular complexity index is 408. The molecule has 1 amide bonds. The first-order valence-electron chi connectivity index (χ1n) is 5.51. The number of amides is 1. The molecule has 5 heteroatoms. The van der Waals surface area contributed by atoms with Crippen LogP contribution in [0.2, 0.25) is 0 Å². The highest BCUT2D eigenvalue weighted by molar-refractivity contribution is 5.94. The largest absolute Gasteiger partial charge is 0.336 e. The zero-order valence-electron chi connectivity index (χ0n) is 9.62. The molecule has 1 aromatic rings. The number of benzene rings is 1. The van der Waals surface area contributed by atoms with Crippen molar-refractivity contribution in [3.8, 4) is 0 Å². The summed E-state index contributed by atoms with van der Waals surface area (Å²) < 4.78 is 26.9. The van der Waals surface area contributed by atoms with Crippen LogP contribution in [0.25, 0.3) is 0 Å². The van der Waals surface area contributed by atoms with Gasteiger partial charge < -0.3 is 9.80 Å². The topological polar surface area (TPSA) is 23.6 Å². The third kappa shape index (κ3) is 2.44. The van der Waals surface area contributed by atoms with E-state index in [-0.39, 0.29) is 0 Å². The molecule has 0 saturated carbocycles. The van der Waals surface area contributed by atoms with Gasteiger partial charge in [-0.1, -0.05) is 6.07 Å². The van der Waals surface area contributed by atoms with Crippen molar-refractivity contribution in [3.63, 3.8) is 0 Å². The zero-order valence-corrected chi connectivity index (χ0v) is 9.62. The lowest BCUT2D eigenvalue weighted by Crippen LogP contribution is -2.47. The van der Waals surface area contributed by atoms with E-state index in [2.05, 4.69) is 4.90 Å². The van der Waals surface area contributed by atoms with Crippen molar-refractivity contribution >= 4 is 5.91 Å². The second-order valence-electron chi connectivity index (χ2n) is 4.19. The molecule has 1 aromatic carbocycles. The van der Waals surface area contributed by atoms with Crippen LogP contribution in [0.1, 0.15) is 10.4 Å². The van der Waals surface area contributed by atoms with Gasteiger partial charge in [0.15, 0.2) is 0 Å². The van der Waals surface area contributed by atoms with Crippen LogP contribution in [-0.2, 0) is 0 Å². The average molecular weight is 240 g/mol. The van der Waals surface area contributed by atoms with Gasteiger partial charge in [0, 0.05) is 26.2 Å². The van der Waals surface area contributed by atoms with Gasteiger partial charge in [-0.25, -0.2) is 8.78 Å². The van der Waals surface area contributed by atoms with E-state index in [1.165, 1.54) is 11.0 Å². The maximum atomic E-state index is 13.4. The summed E-state index contributed by atoms with van der Waals surface area (Å²) in [6.45, 7) is 2.45. The minimum Gasteiger partial charge on any atom is -0.336 e. The molecule has 3 nitrogen and oxygen atoms in total. The van der Waals surface area contributed by atoms with Crippen LogP contribution in [0, 0.1) is 11.6 Å². The van der Waals surface area contributed by atoms with Gasteiger partial charge in [-0.05, 0) is 19.2 Å². The van der Waals surface area contributed by atoms with Crippen LogP contribution in [0.4, 0.5) is 8.78 Å². The molecule has 0 N–H and O–H groups in total. The summed E-state index contributed by atoms with van der Waals surface area (Å²) in [5.74, 6) is -2.16. The Labute approximate surface area is 98.6 Å². The van der Waals surface area contributed by atoms with Crippen LogP contribution in [0.3, 0.4) is 0 Å². The first-order valence-corrected chi connectivity index (χ1v) is 5.51. The number of nitrogens with zero attached hydrogens (tertiary/aromatic N) is 2. The minimum absolute atomic E-state index is 0.447. The van der Waals surface area contributed by atoms with Crippen LogP contribution >= 0.6 is 0 Å². The second kappa shape index (κ2) is 4.79. The summed E-state index contributed by atoms with van der Waals surface area (Å²) in [7, 11) is 1.95. The average Bonchev–Trinajstić information content (AvgIpc) is 2.29. The van der Waals surface area contributed by atoms with Crippen LogP contribution in [-0.4, -0.2) is 48.9 Å². The highest BCUT2D eigenvalue weighted by Crippen LogP contribution is 2.15. The van der Waals surface area contributed by atoms with Gasteiger partial charge in [0.25, 0.3) is 5.91 Å². The Morgan fingerprint density at radius 2 is 1.65 bits per heavy atom. The Hall–Kier alpha value is -1.49. The molecule has 0 atom stereocenters. The van der Waals surface area contributed by atoms with Crippen molar-refractivity contribution in [3.05, 3.63) is 35.4 Å². The standard InChI is InChI=1S/C12H14F2N2O/c1-15-5-7-16(8-6-15)12(17)11-9(13)3-2-4-10(11)14/h2-4H,5-8H2,1H3. The van der Waals surface area contributed by atoms with Crippen molar-refractivity contribution < 1.29 is 13.6 Å². The third-order valence-corrected chi connectivity index (χ3v) is 2.97. The Morgan fingerprint density at radius 1 is 1.12 bits per heavy atom.